The van der Waals surface area contributed by atoms with Gasteiger partial charge in [-0.25, -0.2) is 0 Å². The zero-order valence-electron chi connectivity index (χ0n) is 7.93. The average molecular weight is 234 g/mol. The molecule has 86 valence electrons. The summed E-state index contributed by atoms with van der Waals surface area (Å²) in [5.41, 5.74) is 3.50. The van der Waals surface area contributed by atoms with Crippen molar-refractivity contribution < 1.29 is 17.9 Å². The Morgan fingerprint density at radius 1 is 1.50 bits per heavy atom. The fraction of sp³-hybridized carbons (Fsp3) is 1.00. The molecule has 0 aromatic carbocycles. The fourth-order valence-electron chi connectivity index (χ4n) is 1.84. The highest BCUT2D eigenvalue weighted by Gasteiger charge is 2.57. The van der Waals surface area contributed by atoms with Crippen LogP contribution in [0.15, 0.2) is 0 Å². The van der Waals surface area contributed by atoms with Crippen molar-refractivity contribution in [2.24, 2.45) is 11.1 Å². The lowest BCUT2D eigenvalue weighted by Gasteiger charge is -2.30. The predicted molar refractivity (Wildman–Crippen MR) is 49.4 cm³/mol. The molecule has 6 heteroatoms. The maximum atomic E-state index is 12.6. The lowest BCUT2D eigenvalue weighted by Crippen LogP contribution is -2.42. The van der Waals surface area contributed by atoms with Crippen LogP contribution in [0.4, 0.5) is 13.2 Å². The van der Waals surface area contributed by atoms with Gasteiger partial charge in [0.1, 0.15) is 0 Å². The van der Waals surface area contributed by atoms with Crippen molar-refractivity contribution in [1.29, 1.82) is 0 Å². The van der Waals surface area contributed by atoms with Gasteiger partial charge in [-0.05, 0) is 19.3 Å². The second-order valence-corrected chi connectivity index (χ2v) is 3.58. The number of nitrogens with two attached hydrogens (primary N) is 1. The quantitative estimate of drug-likeness (QED) is 0.793. The Hall–Kier alpha value is -0.0000000000000000555. The van der Waals surface area contributed by atoms with E-state index in [-0.39, 0.29) is 37.9 Å². The van der Waals surface area contributed by atoms with Gasteiger partial charge in [0.15, 0.2) is 0 Å². The molecule has 0 saturated heterocycles. The van der Waals surface area contributed by atoms with Crippen LogP contribution in [0, 0.1) is 5.41 Å². The van der Waals surface area contributed by atoms with Crippen molar-refractivity contribution in [3.8, 4) is 0 Å². The van der Waals surface area contributed by atoms with Crippen molar-refractivity contribution in [3.63, 3.8) is 0 Å². The fourth-order valence-corrected chi connectivity index (χ4v) is 1.84. The third-order valence-electron chi connectivity index (χ3n) is 2.89. The summed E-state index contributed by atoms with van der Waals surface area (Å²) in [6.45, 7) is -0.337. The van der Waals surface area contributed by atoms with E-state index in [4.69, 9.17) is 10.5 Å². The van der Waals surface area contributed by atoms with Crippen LogP contribution in [0.1, 0.15) is 19.3 Å². The van der Waals surface area contributed by atoms with Gasteiger partial charge in [0.2, 0.25) is 0 Å². The van der Waals surface area contributed by atoms with Gasteiger partial charge in [-0.3, -0.25) is 0 Å². The van der Waals surface area contributed by atoms with Crippen molar-refractivity contribution in [2.45, 2.75) is 31.5 Å². The number of rotatable bonds is 2. The minimum atomic E-state index is -4.20. The number of methoxy groups -OCH3 is 1. The first kappa shape index (κ1) is 14.0. The number of hydrogen-bond acceptors (Lipinski definition) is 2. The molecule has 14 heavy (non-hydrogen) atoms. The molecule has 0 bridgehead atoms. The summed E-state index contributed by atoms with van der Waals surface area (Å²) in [7, 11) is 1.44. The topological polar surface area (TPSA) is 35.2 Å². The number of alkyl halides is 3. The highest BCUT2D eigenvalue weighted by Crippen LogP contribution is 2.50. The summed E-state index contributed by atoms with van der Waals surface area (Å²) in [5.74, 6) is 0. The molecule has 1 rings (SSSR count). The maximum absolute atomic E-state index is 12.6. The number of halogens is 4. The van der Waals surface area contributed by atoms with E-state index in [0.717, 1.165) is 0 Å². The highest BCUT2D eigenvalue weighted by atomic mass is 35.5. The van der Waals surface area contributed by atoms with Crippen LogP contribution in [0.25, 0.3) is 0 Å². The lowest BCUT2D eigenvalue weighted by molar-refractivity contribution is -0.220. The predicted octanol–water partition coefficient (Wildman–Crippen LogP) is 2.11. The summed E-state index contributed by atoms with van der Waals surface area (Å²) in [6, 6.07) is 0. The molecule has 0 radical (unpaired) electrons. The largest absolute Gasteiger partial charge is 0.395 e. The van der Waals surface area contributed by atoms with Crippen molar-refractivity contribution in [2.75, 3.05) is 13.7 Å². The molecular formula is C8H15ClF3NO. The highest BCUT2D eigenvalue weighted by molar-refractivity contribution is 5.85. The van der Waals surface area contributed by atoms with E-state index in [0.29, 0.717) is 6.42 Å². The van der Waals surface area contributed by atoms with Crippen molar-refractivity contribution >= 4 is 12.4 Å². The SMILES string of the molecule is CO[C@@H]1CC[C@@](CN)(C(F)(F)F)C1.Cl. The first-order chi connectivity index (χ1) is 5.95. The van der Waals surface area contributed by atoms with Crippen LogP contribution in [0.3, 0.4) is 0 Å². The molecule has 1 aliphatic rings. The monoisotopic (exact) mass is 233 g/mol. The molecule has 0 spiro atoms. The van der Waals surface area contributed by atoms with Gasteiger partial charge in [0, 0.05) is 13.7 Å². The normalized spacial score (nSPS) is 32.8. The van der Waals surface area contributed by atoms with E-state index in [2.05, 4.69) is 0 Å². The molecule has 1 fully saturated rings. The maximum Gasteiger partial charge on any atom is 0.395 e. The lowest BCUT2D eigenvalue weighted by atomic mass is 9.85. The molecule has 2 N–H and O–H groups in total. The van der Waals surface area contributed by atoms with E-state index in [1.165, 1.54) is 7.11 Å². The zero-order valence-corrected chi connectivity index (χ0v) is 8.75. The second kappa shape index (κ2) is 4.68. The first-order valence-corrected chi connectivity index (χ1v) is 4.25. The molecule has 2 atom stereocenters. The van der Waals surface area contributed by atoms with E-state index >= 15 is 0 Å². The van der Waals surface area contributed by atoms with Crippen LogP contribution in [0.5, 0.6) is 0 Å². The van der Waals surface area contributed by atoms with E-state index < -0.39 is 11.6 Å². The summed E-state index contributed by atoms with van der Waals surface area (Å²) in [6.07, 6.45) is -3.94. The van der Waals surface area contributed by atoms with Gasteiger partial charge in [0.25, 0.3) is 0 Å². The van der Waals surface area contributed by atoms with Gasteiger partial charge in [-0.1, -0.05) is 0 Å². The van der Waals surface area contributed by atoms with E-state index in [1.54, 1.807) is 0 Å². The zero-order chi connectivity index (χ0) is 10.1. The van der Waals surface area contributed by atoms with Gasteiger partial charge in [-0.2, -0.15) is 13.2 Å². The molecule has 0 aromatic heterocycles. The standard InChI is InChI=1S/C8H14F3NO.ClH/c1-13-6-2-3-7(4-6,5-12)8(9,10)11;/h6H,2-5,12H2,1H3;1H/t6-,7-;/m1./s1. The Morgan fingerprint density at radius 2 is 2.07 bits per heavy atom. The molecule has 0 unspecified atom stereocenters. The molecule has 0 aliphatic heterocycles. The van der Waals surface area contributed by atoms with Crippen molar-refractivity contribution in [3.05, 3.63) is 0 Å². The molecule has 1 saturated carbocycles. The molecular weight excluding hydrogens is 219 g/mol. The van der Waals surface area contributed by atoms with E-state index in [1.807, 2.05) is 0 Å². The summed E-state index contributed by atoms with van der Waals surface area (Å²) in [5, 5.41) is 0. The average Bonchev–Trinajstić information content (AvgIpc) is 2.47. The van der Waals surface area contributed by atoms with Crippen LogP contribution < -0.4 is 5.73 Å². The van der Waals surface area contributed by atoms with Crippen LogP contribution in [0.2, 0.25) is 0 Å². The Kier molecular flexibility index (Phi) is 4.68. The van der Waals surface area contributed by atoms with Crippen LogP contribution in [-0.4, -0.2) is 25.9 Å². The molecule has 2 nitrogen and oxygen atoms in total. The van der Waals surface area contributed by atoms with Gasteiger partial charge in [0.05, 0.1) is 11.5 Å². The Morgan fingerprint density at radius 3 is 2.29 bits per heavy atom. The molecule has 0 amide bonds. The number of ether oxygens (including phenoxy) is 1. The smallest absolute Gasteiger partial charge is 0.381 e. The minimum absolute atomic E-state index is 0. The van der Waals surface area contributed by atoms with Gasteiger partial charge < -0.3 is 10.5 Å². The first-order valence-electron chi connectivity index (χ1n) is 4.25. The third-order valence-corrected chi connectivity index (χ3v) is 2.89. The molecule has 1 aliphatic carbocycles. The molecule has 0 heterocycles. The van der Waals surface area contributed by atoms with Crippen molar-refractivity contribution in [1.82, 2.24) is 0 Å². The number of hydrogen-bond donors (Lipinski definition) is 1. The summed E-state index contributed by atoms with van der Waals surface area (Å²) >= 11 is 0. The van der Waals surface area contributed by atoms with Gasteiger partial charge in [-0.15, -0.1) is 12.4 Å². The summed E-state index contributed by atoms with van der Waals surface area (Å²) in [4.78, 5) is 0. The van der Waals surface area contributed by atoms with Gasteiger partial charge >= 0.3 is 6.18 Å². The Balaban J connectivity index is 0.00000169. The Labute approximate surface area is 87.4 Å². The van der Waals surface area contributed by atoms with E-state index in [9.17, 15) is 13.2 Å². The molecule has 0 aromatic rings. The van der Waals surface area contributed by atoms with Crippen LogP contribution in [-0.2, 0) is 4.74 Å². The summed E-state index contributed by atoms with van der Waals surface area (Å²) < 4.78 is 42.7. The second-order valence-electron chi connectivity index (χ2n) is 3.58. The minimum Gasteiger partial charge on any atom is -0.381 e. The van der Waals surface area contributed by atoms with Crippen LogP contribution >= 0.6 is 12.4 Å². The Bertz CT molecular complexity index is 188. The third kappa shape index (κ3) is 2.32.